The molecular weight excluding hydrogens is 516 g/mol. The van der Waals surface area contributed by atoms with Crippen LogP contribution in [-0.2, 0) is 5.41 Å². The minimum atomic E-state index is -0.911. The third kappa shape index (κ3) is 5.14. The summed E-state index contributed by atoms with van der Waals surface area (Å²) >= 11 is 0. The Labute approximate surface area is 230 Å². The van der Waals surface area contributed by atoms with Crippen LogP contribution in [0.2, 0.25) is 0 Å². The molecule has 208 valence electrons. The predicted octanol–water partition coefficient (Wildman–Crippen LogP) is 4.42. The number of hydrogen-bond donors (Lipinski definition) is 3. The van der Waals surface area contributed by atoms with Gasteiger partial charge in [-0.25, -0.2) is 23.7 Å². The summed E-state index contributed by atoms with van der Waals surface area (Å²) in [4.78, 5) is 18.0. The highest BCUT2D eigenvalue weighted by atomic mass is 19.1. The first-order valence-corrected chi connectivity index (χ1v) is 13.4. The Morgan fingerprint density at radius 1 is 1.05 bits per heavy atom. The molecule has 3 N–H and O–H groups in total. The van der Waals surface area contributed by atoms with Crippen molar-refractivity contribution in [2.24, 2.45) is 0 Å². The molecule has 0 unspecified atom stereocenters. The maximum Gasteiger partial charge on any atom is 0.222 e. The summed E-state index contributed by atoms with van der Waals surface area (Å²) in [5.41, 5.74) is 3.10. The fourth-order valence-electron chi connectivity index (χ4n) is 5.41. The second kappa shape index (κ2) is 11.6. The van der Waals surface area contributed by atoms with Gasteiger partial charge in [0.05, 0.1) is 52.7 Å². The normalized spacial score (nSPS) is 19.2. The fraction of sp³-hybridized carbons (Fsp3) is 0.379. The van der Waals surface area contributed by atoms with Gasteiger partial charge in [0.2, 0.25) is 5.95 Å². The molecule has 1 aliphatic carbocycles. The Hall–Kier alpha value is -3.96. The number of nitrogens with one attached hydrogen (secondary N) is 1. The zero-order chi connectivity index (χ0) is 28.3. The maximum absolute atomic E-state index is 14.6. The molecule has 40 heavy (non-hydrogen) atoms. The molecule has 0 saturated heterocycles. The molecule has 0 amide bonds. The third-order valence-corrected chi connectivity index (χ3v) is 7.73. The predicted molar refractivity (Wildman–Crippen MR) is 145 cm³/mol. The molecular formula is C29H31F2N7O2. The van der Waals surface area contributed by atoms with Gasteiger partial charge in [-0.1, -0.05) is 19.9 Å². The number of halogens is 2. The van der Waals surface area contributed by atoms with E-state index in [9.17, 15) is 13.9 Å². The summed E-state index contributed by atoms with van der Waals surface area (Å²) < 4.78 is 29.2. The van der Waals surface area contributed by atoms with E-state index < -0.39 is 23.2 Å². The molecule has 0 bridgehead atoms. The molecule has 0 radical (unpaired) electrons. The van der Waals surface area contributed by atoms with Crippen molar-refractivity contribution < 1.29 is 19.0 Å². The standard InChI is InChI=1S/C29H31F2N7O2/c1-3-17-8-9-29(4-2,27-20(17)10-23(37-38-27)26-21(30)6-5-7-22(26)31)25-15-32-14-24(36-25)18-11-33-28(34-12-18)35-13-19(40)16-39/h5-7,10-12,14-15,17,19,39-40H,3-4,8-9,13,16H2,1-2H3,(H,33,34,35)/t17-,19-,29+/m0/s1. The van der Waals surface area contributed by atoms with Gasteiger partial charge in [-0.2, -0.15) is 5.10 Å². The number of aliphatic hydroxyl groups excluding tert-OH is 2. The van der Waals surface area contributed by atoms with Gasteiger partial charge in [0.25, 0.3) is 0 Å². The summed E-state index contributed by atoms with van der Waals surface area (Å²) in [6.07, 6.45) is 8.88. The van der Waals surface area contributed by atoms with Crippen molar-refractivity contribution >= 4 is 5.95 Å². The highest BCUT2D eigenvalue weighted by Crippen LogP contribution is 2.49. The zero-order valence-electron chi connectivity index (χ0n) is 22.3. The monoisotopic (exact) mass is 547 g/mol. The largest absolute Gasteiger partial charge is 0.394 e. The molecule has 0 aliphatic heterocycles. The van der Waals surface area contributed by atoms with E-state index in [4.69, 9.17) is 10.1 Å². The zero-order valence-corrected chi connectivity index (χ0v) is 22.3. The number of benzene rings is 1. The SMILES string of the molecule is CC[C@H]1CC[C@](CC)(c2cncc(-c3cnc(NC[C@H](O)CO)nc3)n2)c2nnc(-c3c(F)cccc3F)cc21. The van der Waals surface area contributed by atoms with Crippen molar-refractivity contribution in [2.45, 2.75) is 57.0 Å². The van der Waals surface area contributed by atoms with Crippen molar-refractivity contribution in [3.63, 3.8) is 0 Å². The average molecular weight is 548 g/mol. The molecule has 1 aromatic carbocycles. The lowest BCUT2D eigenvalue weighted by atomic mass is 9.65. The Morgan fingerprint density at radius 3 is 2.48 bits per heavy atom. The van der Waals surface area contributed by atoms with Gasteiger partial charge in [0.15, 0.2) is 0 Å². The van der Waals surface area contributed by atoms with E-state index in [2.05, 4.69) is 44.3 Å². The number of aromatic nitrogens is 6. The van der Waals surface area contributed by atoms with Crippen molar-refractivity contribution in [1.82, 2.24) is 30.1 Å². The van der Waals surface area contributed by atoms with E-state index in [0.717, 1.165) is 36.2 Å². The molecule has 3 aromatic heterocycles. The lowest BCUT2D eigenvalue weighted by Crippen LogP contribution is -2.36. The topological polar surface area (TPSA) is 130 Å². The fourth-order valence-corrected chi connectivity index (χ4v) is 5.41. The lowest BCUT2D eigenvalue weighted by Gasteiger charge is -2.39. The molecule has 1 aliphatic rings. The molecule has 11 heteroatoms. The summed E-state index contributed by atoms with van der Waals surface area (Å²) in [7, 11) is 0. The van der Waals surface area contributed by atoms with Gasteiger partial charge in [0, 0.05) is 30.7 Å². The second-order valence-corrected chi connectivity index (χ2v) is 10.0. The molecule has 0 spiro atoms. The van der Waals surface area contributed by atoms with Gasteiger partial charge in [0.1, 0.15) is 11.6 Å². The van der Waals surface area contributed by atoms with Gasteiger partial charge < -0.3 is 15.5 Å². The first-order valence-electron chi connectivity index (χ1n) is 13.4. The lowest BCUT2D eigenvalue weighted by molar-refractivity contribution is 0.105. The van der Waals surface area contributed by atoms with Crippen LogP contribution in [0.3, 0.4) is 0 Å². The van der Waals surface area contributed by atoms with Crippen LogP contribution >= 0.6 is 0 Å². The number of anilines is 1. The van der Waals surface area contributed by atoms with E-state index in [0.29, 0.717) is 23.6 Å². The van der Waals surface area contributed by atoms with Crippen LogP contribution in [0, 0.1) is 11.6 Å². The Kier molecular flexibility index (Phi) is 8.04. The molecule has 9 nitrogen and oxygen atoms in total. The number of nitrogens with zero attached hydrogens (tertiary/aromatic N) is 6. The van der Waals surface area contributed by atoms with E-state index in [1.54, 1.807) is 30.9 Å². The Morgan fingerprint density at radius 2 is 1.80 bits per heavy atom. The van der Waals surface area contributed by atoms with Crippen LogP contribution in [-0.4, -0.2) is 59.6 Å². The van der Waals surface area contributed by atoms with Crippen molar-refractivity contribution in [2.75, 3.05) is 18.5 Å². The van der Waals surface area contributed by atoms with Crippen molar-refractivity contribution in [3.8, 4) is 22.5 Å². The first kappa shape index (κ1) is 27.6. The first-order chi connectivity index (χ1) is 19.4. The highest BCUT2D eigenvalue weighted by Gasteiger charge is 2.43. The van der Waals surface area contributed by atoms with Crippen LogP contribution in [0.4, 0.5) is 14.7 Å². The summed E-state index contributed by atoms with van der Waals surface area (Å²) in [5, 5.41) is 30.3. The number of rotatable bonds is 9. The van der Waals surface area contributed by atoms with Crippen LogP contribution in [0.1, 0.15) is 62.4 Å². The summed E-state index contributed by atoms with van der Waals surface area (Å²) in [6.45, 7) is 3.93. The number of hydrogen-bond acceptors (Lipinski definition) is 9. The quantitative estimate of drug-likeness (QED) is 0.279. The van der Waals surface area contributed by atoms with E-state index in [1.807, 2.05) is 0 Å². The van der Waals surface area contributed by atoms with Gasteiger partial charge in [-0.3, -0.25) is 4.98 Å². The van der Waals surface area contributed by atoms with E-state index >= 15 is 0 Å². The van der Waals surface area contributed by atoms with Gasteiger partial charge in [-0.05, 0) is 55.4 Å². The van der Waals surface area contributed by atoms with Crippen LogP contribution in [0.15, 0.2) is 49.1 Å². The third-order valence-electron chi connectivity index (χ3n) is 7.73. The molecule has 0 fully saturated rings. The minimum Gasteiger partial charge on any atom is -0.394 e. The molecule has 5 rings (SSSR count). The van der Waals surface area contributed by atoms with E-state index in [1.165, 1.54) is 18.2 Å². The summed E-state index contributed by atoms with van der Waals surface area (Å²) in [6, 6.07) is 5.56. The smallest absolute Gasteiger partial charge is 0.222 e. The average Bonchev–Trinajstić information content (AvgIpc) is 2.99. The van der Waals surface area contributed by atoms with E-state index in [-0.39, 0.29) is 30.3 Å². The van der Waals surface area contributed by atoms with Crippen LogP contribution < -0.4 is 5.32 Å². The number of aliphatic hydroxyl groups is 2. The maximum atomic E-state index is 14.6. The minimum absolute atomic E-state index is 0.120. The van der Waals surface area contributed by atoms with Crippen LogP contribution in [0.5, 0.6) is 0 Å². The van der Waals surface area contributed by atoms with Gasteiger partial charge >= 0.3 is 0 Å². The number of fused-ring (bicyclic) bond motifs is 1. The molecule has 3 atom stereocenters. The molecule has 3 heterocycles. The molecule has 0 saturated carbocycles. The summed E-state index contributed by atoms with van der Waals surface area (Å²) in [5.74, 6) is -0.861. The van der Waals surface area contributed by atoms with Crippen molar-refractivity contribution in [1.29, 1.82) is 0 Å². The highest BCUT2D eigenvalue weighted by molar-refractivity contribution is 5.62. The second-order valence-electron chi connectivity index (χ2n) is 10.0. The molecule has 4 aromatic rings. The van der Waals surface area contributed by atoms with Gasteiger partial charge in [-0.15, -0.1) is 5.10 Å². The van der Waals surface area contributed by atoms with Crippen LogP contribution in [0.25, 0.3) is 22.5 Å². The Bertz CT molecular complexity index is 1470. The van der Waals surface area contributed by atoms with Crippen molar-refractivity contribution in [3.05, 3.63) is 77.6 Å². The Balaban J connectivity index is 1.53.